The fourth-order valence-electron chi connectivity index (χ4n) is 7.55. The number of carbonyl (C=O) groups excluding carboxylic acids is 4. The van der Waals surface area contributed by atoms with Crippen LogP contribution in [0.1, 0.15) is 76.9 Å². The zero-order valence-electron chi connectivity index (χ0n) is 31.1. The quantitative estimate of drug-likeness (QED) is 0.138. The molecule has 286 valence electrons. The lowest BCUT2D eigenvalue weighted by Gasteiger charge is -2.43. The van der Waals surface area contributed by atoms with Crippen molar-refractivity contribution in [2.75, 3.05) is 12.1 Å². The van der Waals surface area contributed by atoms with Gasteiger partial charge in [-0.3, -0.25) is 19.2 Å². The van der Waals surface area contributed by atoms with Gasteiger partial charge in [-0.25, -0.2) is 0 Å². The van der Waals surface area contributed by atoms with Gasteiger partial charge in [0.05, 0.1) is 35.1 Å². The van der Waals surface area contributed by atoms with Crippen LogP contribution in [0.25, 0.3) is 5.57 Å². The van der Waals surface area contributed by atoms with Gasteiger partial charge in [0, 0.05) is 47.0 Å². The smallest absolute Gasteiger partial charge is 0.314 e. The molecule has 6 N–H and O–H groups in total. The van der Waals surface area contributed by atoms with Crippen molar-refractivity contribution in [3.63, 3.8) is 0 Å². The SMILES string of the molecule is CC(=O)Oc1c(C)c2c(O)c3c1C1=C(OCOC1=C(C)C3=O)/C(C)=C/C(C)(O)C(O)C(C)C(O)C1C(=O)OC(C(C)/C=C\C=C(/C)C(=O)N2)C(C)C1O. The number of Topliss-reactive ketones (excluding diaryl/α,β-unsaturated/α-hetero) is 1. The van der Waals surface area contributed by atoms with Crippen molar-refractivity contribution in [3.8, 4) is 11.5 Å². The summed E-state index contributed by atoms with van der Waals surface area (Å²) < 4.78 is 23.1. The molecule has 6 heterocycles. The van der Waals surface area contributed by atoms with Crippen LogP contribution in [-0.4, -0.2) is 86.0 Å². The topological polar surface area (TPSA) is 218 Å². The molecule has 14 nitrogen and oxygen atoms in total. The van der Waals surface area contributed by atoms with E-state index in [1.807, 2.05) is 0 Å². The van der Waals surface area contributed by atoms with Gasteiger partial charge in [-0.2, -0.15) is 0 Å². The van der Waals surface area contributed by atoms with Gasteiger partial charge in [-0.05, 0) is 46.3 Å². The molecule has 9 atom stereocenters. The molecule has 1 saturated heterocycles. The van der Waals surface area contributed by atoms with Gasteiger partial charge < -0.3 is 49.8 Å². The van der Waals surface area contributed by atoms with Gasteiger partial charge in [-0.1, -0.05) is 39.0 Å². The lowest BCUT2D eigenvalue weighted by Crippen LogP contribution is -2.57. The lowest BCUT2D eigenvalue weighted by molar-refractivity contribution is -0.198. The molecule has 1 amide bonds. The van der Waals surface area contributed by atoms with E-state index in [1.165, 1.54) is 46.8 Å². The van der Waals surface area contributed by atoms with Crippen LogP contribution < -0.4 is 10.1 Å². The number of nitrogens with one attached hydrogen (secondary N) is 1. The largest absolute Gasteiger partial charge is 0.505 e. The Balaban J connectivity index is 1.79. The molecule has 0 saturated carbocycles. The molecule has 1 fully saturated rings. The van der Waals surface area contributed by atoms with Crippen LogP contribution in [0.4, 0.5) is 5.69 Å². The minimum atomic E-state index is -2.10. The number of allylic oxidation sites excluding steroid dienone is 5. The third-order valence-electron chi connectivity index (χ3n) is 10.6. The molecule has 8 rings (SSSR count). The van der Waals surface area contributed by atoms with Crippen LogP contribution in [0.3, 0.4) is 0 Å². The Kier molecular flexibility index (Phi) is 10.8. The number of esters is 2. The van der Waals surface area contributed by atoms with E-state index in [9.17, 15) is 44.7 Å². The first-order chi connectivity index (χ1) is 24.7. The van der Waals surface area contributed by atoms with Gasteiger partial charge in [0.1, 0.15) is 34.9 Å². The molecule has 0 spiro atoms. The number of phenolic OH excluding ortho intramolecular Hbond substituents is 1. The number of benzene rings is 1. The Labute approximate surface area is 307 Å². The highest BCUT2D eigenvalue weighted by Gasteiger charge is 2.51. The predicted octanol–water partition coefficient (Wildman–Crippen LogP) is 3.50. The highest BCUT2D eigenvalue weighted by Crippen LogP contribution is 2.53. The maximum absolute atomic E-state index is 13.9. The summed E-state index contributed by atoms with van der Waals surface area (Å²) in [5.74, 6) is -7.39. The summed E-state index contributed by atoms with van der Waals surface area (Å²) in [6.45, 7) is 12.9. The van der Waals surface area contributed by atoms with Crippen molar-refractivity contribution in [2.24, 2.45) is 23.7 Å². The number of aliphatic hydroxyl groups excluding tert-OH is 3. The van der Waals surface area contributed by atoms with Gasteiger partial charge in [0.25, 0.3) is 5.91 Å². The lowest BCUT2D eigenvalue weighted by atomic mass is 9.73. The number of rotatable bonds is 1. The van der Waals surface area contributed by atoms with Crippen LogP contribution >= 0.6 is 0 Å². The molecule has 7 aliphatic rings. The van der Waals surface area contributed by atoms with Crippen molar-refractivity contribution in [1.82, 2.24) is 0 Å². The van der Waals surface area contributed by atoms with Crippen molar-refractivity contribution in [2.45, 2.75) is 92.3 Å². The number of carbonyl (C=O) groups is 4. The fraction of sp³-hybridized carbons (Fsp3) is 0.487. The van der Waals surface area contributed by atoms with Gasteiger partial charge in [0.2, 0.25) is 6.79 Å². The number of amides is 1. The third kappa shape index (κ3) is 6.92. The van der Waals surface area contributed by atoms with Crippen LogP contribution in [-0.2, 0) is 28.6 Å². The molecule has 6 aliphatic heterocycles. The molecule has 6 bridgehead atoms. The van der Waals surface area contributed by atoms with E-state index in [0.29, 0.717) is 0 Å². The molecular formula is C39H47NO13. The summed E-state index contributed by atoms with van der Waals surface area (Å²) in [4.78, 5) is 53.2. The van der Waals surface area contributed by atoms with Crippen molar-refractivity contribution >= 4 is 34.9 Å². The minimum Gasteiger partial charge on any atom is -0.505 e. The van der Waals surface area contributed by atoms with E-state index >= 15 is 0 Å². The zero-order chi connectivity index (χ0) is 39.4. The summed E-state index contributed by atoms with van der Waals surface area (Å²) in [5, 5.41) is 60.2. The van der Waals surface area contributed by atoms with Crippen LogP contribution in [0.15, 0.2) is 52.5 Å². The molecule has 1 aromatic carbocycles. The standard InChI is InChI=1S/C39H47NO13/c1-15-11-10-12-16(2)37(47)40-27-18(4)35(52-22(8)41)23-24(31(27)45)28(42)20(6)34-25(23)33(50-14-51-34)17(3)13-39(9,49)36(46)21(7)30(44)26-29(43)19(5)32(15)53-38(26)48/h10-13,15,19,21,26,29-30,32,36,43-46,49H,14H2,1-9H3,(H,40,47)/b11-10-,16-12+,17-13+. The first-order valence-corrected chi connectivity index (χ1v) is 17.4. The summed E-state index contributed by atoms with van der Waals surface area (Å²) >= 11 is 0. The first kappa shape index (κ1) is 39.4. The van der Waals surface area contributed by atoms with Crippen LogP contribution in [0, 0.1) is 30.6 Å². The first-order valence-electron chi connectivity index (χ1n) is 17.4. The van der Waals surface area contributed by atoms with E-state index in [4.69, 9.17) is 18.9 Å². The second-order valence-electron chi connectivity index (χ2n) is 14.6. The summed E-state index contributed by atoms with van der Waals surface area (Å²) in [6, 6.07) is 0. The molecular weight excluding hydrogens is 690 g/mol. The molecule has 0 radical (unpaired) electrons. The van der Waals surface area contributed by atoms with Crippen LogP contribution in [0.5, 0.6) is 11.5 Å². The molecule has 14 heteroatoms. The van der Waals surface area contributed by atoms with Gasteiger partial charge in [-0.15, -0.1) is 0 Å². The maximum atomic E-state index is 13.9. The second-order valence-corrected chi connectivity index (χ2v) is 14.6. The summed E-state index contributed by atoms with van der Waals surface area (Å²) in [6.07, 6.45) is 0.468. The number of ketones is 1. The average molecular weight is 738 g/mol. The molecule has 0 aromatic heterocycles. The van der Waals surface area contributed by atoms with E-state index in [-0.39, 0.29) is 68.7 Å². The van der Waals surface area contributed by atoms with Crippen molar-refractivity contribution in [1.29, 1.82) is 0 Å². The molecule has 1 aromatic rings. The number of phenols is 1. The highest BCUT2D eigenvalue weighted by atomic mass is 16.7. The van der Waals surface area contributed by atoms with E-state index in [0.717, 1.165) is 6.92 Å². The van der Waals surface area contributed by atoms with Crippen molar-refractivity contribution < 1.29 is 63.7 Å². The van der Waals surface area contributed by atoms with E-state index < -0.39 is 83.1 Å². The Bertz CT molecular complexity index is 1910. The van der Waals surface area contributed by atoms with E-state index in [1.54, 1.807) is 32.9 Å². The van der Waals surface area contributed by atoms with Crippen LogP contribution in [0.2, 0.25) is 0 Å². The zero-order valence-corrected chi connectivity index (χ0v) is 31.1. The summed E-state index contributed by atoms with van der Waals surface area (Å²) in [5.41, 5.74) is -2.02. The second kappa shape index (κ2) is 14.6. The Hall–Kier alpha value is -4.76. The van der Waals surface area contributed by atoms with Gasteiger partial charge >= 0.3 is 11.9 Å². The molecule has 9 unspecified atom stereocenters. The maximum Gasteiger partial charge on any atom is 0.314 e. The van der Waals surface area contributed by atoms with Gasteiger partial charge in [0.15, 0.2) is 11.5 Å². The number of ether oxygens (including phenoxy) is 4. The minimum absolute atomic E-state index is 0.0354. The fourth-order valence-corrected chi connectivity index (χ4v) is 7.55. The number of anilines is 1. The summed E-state index contributed by atoms with van der Waals surface area (Å²) in [7, 11) is 0. The Morgan fingerprint density at radius 1 is 0.943 bits per heavy atom. The third-order valence-corrected chi connectivity index (χ3v) is 10.6. The monoisotopic (exact) mass is 737 g/mol. The molecule has 1 aliphatic carbocycles. The average Bonchev–Trinajstić information content (AvgIpc) is 3.09. The number of aromatic hydroxyl groups is 1. The predicted molar refractivity (Wildman–Crippen MR) is 190 cm³/mol. The van der Waals surface area contributed by atoms with E-state index in [2.05, 4.69) is 5.32 Å². The highest BCUT2D eigenvalue weighted by molar-refractivity contribution is 6.21. The Morgan fingerprint density at radius 2 is 1.57 bits per heavy atom. The number of hydrogen-bond donors (Lipinski definition) is 6. The number of hydrogen-bond acceptors (Lipinski definition) is 13. The number of aliphatic hydroxyl groups is 4. The van der Waals surface area contributed by atoms with Crippen molar-refractivity contribution in [3.05, 3.63) is 69.2 Å². The normalized spacial score (nSPS) is 34.9. The molecule has 53 heavy (non-hydrogen) atoms. The Morgan fingerprint density at radius 3 is 2.21 bits per heavy atom.